The number of aromatic amines is 1. The number of aliphatic hydroxyl groups excluding tert-OH is 1. The second-order valence-electron chi connectivity index (χ2n) is 5.66. The average molecular weight is 511 g/mol. The standard InChI is InChI=1S/C10H13FN3O14P3/c1-2-10(11)6(15)5(26-7(10)14-4-12-8(16)13-9(14)17)3-25-30(21,22)28-31(23,24)27-29(18,19)20/h1,4-7,15H,3H2,(H,21,22)(H,23,24)(H,13,16,17)(H2,18,19,20)/t5-,6?,7-,10-/m1/s1. The molecule has 1 aliphatic rings. The minimum absolute atomic E-state index is 0.370. The lowest BCUT2D eigenvalue weighted by molar-refractivity contribution is -0.0540. The number of halogens is 1. The molecule has 1 aromatic rings. The molecule has 6 N–H and O–H groups in total. The van der Waals surface area contributed by atoms with Crippen molar-refractivity contribution in [3.63, 3.8) is 0 Å². The predicted octanol–water partition coefficient (Wildman–Crippen LogP) is -2.13. The summed E-state index contributed by atoms with van der Waals surface area (Å²) in [5.74, 6) is 1.54. The fraction of sp³-hybridized carbons (Fsp3) is 0.500. The number of phosphoric acid groups is 3. The SMILES string of the molecule is C#C[C@@]1(F)C(O)[C@@H](COP(=O)(O)OP(=O)(O)OP(=O)(O)O)O[C@H]1n1cnc(=O)[nH]c1=O. The molecule has 3 unspecified atom stereocenters. The second-order valence-corrected chi connectivity index (χ2v) is 10.1. The Hall–Kier alpha value is -1.57. The number of hydrogen-bond acceptors (Lipinski definition) is 11. The lowest BCUT2D eigenvalue weighted by Gasteiger charge is -2.23. The smallest absolute Gasteiger partial charge is 0.386 e. The number of phosphoric ester groups is 1. The largest absolute Gasteiger partial charge is 0.490 e. The summed E-state index contributed by atoms with van der Waals surface area (Å²) in [5.41, 5.74) is -5.47. The van der Waals surface area contributed by atoms with Crippen LogP contribution in [0.25, 0.3) is 0 Å². The topological polar surface area (TPSA) is 257 Å². The first-order valence-electron chi connectivity index (χ1n) is 7.46. The van der Waals surface area contributed by atoms with Crippen molar-refractivity contribution in [1.82, 2.24) is 14.5 Å². The molecule has 0 saturated carbocycles. The molecule has 0 spiro atoms. The average Bonchev–Trinajstić information content (AvgIpc) is 2.82. The number of ether oxygens (including phenoxy) is 1. The van der Waals surface area contributed by atoms with E-state index in [1.165, 1.54) is 0 Å². The van der Waals surface area contributed by atoms with E-state index in [2.05, 4.69) is 18.1 Å². The van der Waals surface area contributed by atoms with Crippen LogP contribution >= 0.6 is 23.5 Å². The maximum atomic E-state index is 15.1. The molecule has 2 heterocycles. The van der Waals surface area contributed by atoms with Gasteiger partial charge in [-0.1, -0.05) is 5.92 Å². The van der Waals surface area contributed by atoms with Crippen molar-refractivity contribution in [3.8, 4) is 12.3 Å². The summed E-state index contributed by atoms with van der Waals surface area (Å²) in [6, 6.07) is 0. The maximum absolute atomic E-state index is 15.1. The van der Waals surface area contributed by atoms with Gasteiger partial charge in [-0.15, -0.1) is 6.42 Å². The van der Waals surface area contributed by atoms with Gasteiger partial charge in [0, 0.05) is 0 Å². The number of hydrogen-bond donors (Lipinski definition) is 6. The van der Waals surface area contributed by atoms with Crippen molar-refractivity contribution in [2.45, 2.75) is 24.1 Å². The van der Waals surface area contributed by atoms with Crippen molar-refractivity contribution in [1.29, 1.82) is 0 Å². The van der Waals surface area contributed by atoms with Gasteiger partial charge >= 0.3 is 34.8 Å². The molecule has 1 aromatic heterocycles. The van der Waals surface area contributed by atoms with Gasteiger partial charge in [0.25, 0.3) is 0 Å². The molecule has 0 aliphatic carbocycles. The fourth-order valence-electron chi connectivity index (χ4n) is 2.30. The molecule has 1 fully saturated rings. The minimum atomic E-state index is -5.81. The van der Waals surface area contributed by atoms with E-state index in [0.29, 0.717) is 10.9 Å². The van der Waals surface area contributed by atoms with Crippen LogP contribution in [0, 0.1) is 12.3 Å². The summed E-state index contributed by atoms with van der Waals surface area (Å²) in [6.07, 6.45) is -0.703. The first-order valence-corrected chi connectivity index (χ1v) is 12.0. The molecule has 0 radical (unpaired) electrons. The van der Waals surface area contributed by atoms with Gasteiger partial charge in [-0.05, 0) is 0 Å². The molecule has 174 valence electrons. The van der Waals surface area contributed by atoms with Gasteiger partial charge in [0.15, 0.2) is 6.23 Å². The molecule has 17 nitrogen and oxygen atoms in total. The van der Waals surface area contributed by atoms with E-state index in [1.54, 1.807) is 10.9 Å². The number of H-pyrrole nitrogens is 1. The van der Waals surface area contributed by atoms with Gasteiger partial charge in [0.2, 0.25) is 5.67 Å². The van der Waals surface area contributed by atoms with E-state index in [-0.39, 0.29) is 0 Å². The van der Waals surface area contributed by atoms with Crippen molar-refractivity contribution >= 4 is 23.5 Å². The number of terminal acetylenes is 1. The van der Waals surface area contributed by atoms with Gasteiger partial charge in [-0.3, -0.25) is 14.1 Å². The Morgan fingerprint density at radius 1 is 1.26 bits per heavy atom. The number of nitrogens with one attached hydrogen (secondary N) is 1. The molecule has 0 amide bonds. The molecular formula is C10H13FN3O14P3. The number of alkyl halides is 1. The third kappa shape index (κ3) is 6.24. The van der Waals surface area contributed by atoms with Crippen LogP contribution in [-0.4, -0.2) is 63.7 Å². The molecule has 31 heavy (non-hydrogen) atoms. The van der Waals surface area contributed by atoms with Crippen LogP contribution in [0.2, 0.25) is 0 Å². The zero-order valence-electron chi connectivity index (χ0n) is 14.6. The maximum Gasteiger partial charge on any atom is 0.490 e. The second kappa shape index (κ2) is 8.75. The van der Waals surface area contributed by atoms with Crippen molar-refractivity contribution in [3.05, 3.63) is 27.3 Å². The fourth-order valence-corrected chi connectivity index (χ4v) is 5.33. The van der Waals surface area contributed by atoms with E-state index < -0.39 is 65.6 Å². The highest BCUT2D eigenvalue weighted by atomic mass is 31.3. The molecule has 1 saturated heterocycles. The summed E-state index contributed by atoms with van der Waals surface area (Å²) in [6.45, 7) is -1.25. The third-order valence-corrected chi connectivity index (χ3v) is 7.29. The third-order valence-electron chi connectivity index (χ3n) is 3.49. The Kier molecular flexibility index (Phi) is 7.25. The first-order chi connectivity index (χ1) is 14.0. The monoisotopic (exact) mass is 511 g/mol. The minimum Gasteiger partial charge on any atom is -0.386 e. The van der Waals surface area contributed by atoms with Crippen molar-refractivity contribution in [2.75, 3.05) is 6.61 Å². The van der Waals surface area contributed by atoms with Gasteiger partial charge in [0.1, 0.15) is 18.5 Å². The van der Waals surface area contributed by atoms with Gasteiger partial charge in [-0.25, -0.2) is 27.7 Å². The summed E-state index contributed by atoms with van der Waals surface area (Å²) in [4.78, 5) is 63.1. The molecular weight excluding hydrogens is 498 g/mol. The quantitative estimate of drug-likeness (QED) is 0.161. The zero-order valence-corrected chi connectivity index (χ0v) is 17.3. The van der Waals surface area contributed by atoms with Crippen LogP contribution in [0.5, 0.6) is 0 Å². The lowest BCUT2D eigenvalue weighted by atomic mass is 9.97. The van der Waals surface area contributed by atoms with Crippen LogP contribution in [0.15, 0.2) is 15.9 Å². The molecule has 6 atom stereocenters. The van der Waals surface area contributed by atoms with E-state index in [0.717, 1.165) is 0 Å². The van der Waals surface area contributed by atoms with Crippen molar-refractivity contribution in [2.24, 2.45) is 0 Å². The molecule has 21 heteroatoms. The zero-order chi connectivity index (χ0) is 23.8. The molecule has 0 bridgehead atoms. The van der Waals surface area contributed by atoms with Gasteiger partial charge in [0.05, 0.1) is 6.61 Å². The summed E-state index contributed by atoms with van der Waals surface area (Å²) < 4.78 is 65.3. The van der Waals surface area contributed by atoms with E-state index in [9.17, 15) is 33.3 Å². The highest BCUT2D eigenvalue weighted by Crippen LogP contribution is 2.66. The molecule has 2 rings (SSSR count). The van der Waals surface area contributed by atoms with Crippen LogP contribution in [-0.2, 0) is 31.6 Å². The highest BCUT2D eigenvalue weighted by Gasteiger charge is 2.58. The molecule has 0 aromatic carbocycles. The van der Waals surface area contributed by atoms with E-state index in [4.69, 9.17) is 25.8 Å². The van der Waals surface area contributed by atoms with E-state index in [1.807, 2.05) is 0 Å². The Morgan fingerprint density at radius 3 is 2.39 bits per heavy atom. The first kappa shape index (κ1) is 25.7. The normalized spacial score (nSPS) is 30.3. The van der Waals surface area contributed by atoms with E-state index >= 15 is 4.39 Å². The van der Waals surface area contributed by atoms with Crippen LogP contribution in [0.1, 0.15) is 6.23 Å². The Labute approximate surface area is 169 Å². The number of nitrogens with zero attached hydrogens (tertiary/aromatic N) is 2. The Bertz CT molecular complexity index is 1140. The van der Waals surface area contributed by atoms with Gasteiger partial charge < -0.3 is 29.4 Å². The Morgan fingerprint density at radius 2 is 1.87 bits per heavy atom. The summed E-state index contributed by atoms with van der Waals surface area (Å²) >= 11 is 0. The number of aliphatic hydroxyl groups is 1. The summed E-state index contributed by atoms with van der Waals surface area (Å²) in [5, 5.41) is 10.1. The predicted molar refractivity (Wildman–Crippen MR) is 91.5 cm³/mol. The molecule has 1 aliphatic heterocycles. The summed E-state index contributed by atoms with van der Waals surface area (Å²) in [7, 11) is -17.0. The lowest BCUT2D eigenvalue weighted by Crippen LogP contribution is -2.45. The van der Waals surface area contributed by atoms with Crippen LogP contribution < -0.4 is 11.4 Å². The van der Waals surface area contributed by atoms with Gasteiger partial charge in [-0.2, -0.15) is 13.6 Å². The van der Waals surface area contributed by atoms with Crippen LogP contribution in [0.4, 0.5) is 4.39 Å². The van der Waals surface area contributed by atoms with Crippen molar-refractivity contribution < 1.29 is 60.6 Å². The number of rotatable bonds is 8. The van der Waals surface area contributed by atoms with Crippen LogP contribution in [0.3, 0.4) is 0 Å². The Balaban J connectivity index is 2.19. The number of aromatic nitrogens is 3. The highest BCUT2D eigenvalue weighted by molar-refractivity contribution is 7.66.